The molecule has 0 fully saturated rings. The molecule has 0 spiro atoms. The Labute approximate surface area is 184 Å². The molecule has 1 N–H and O–H groups in total. The molecule has 0 heterocycles. The maximum absolute atomic E-state index is 12.7. The number of hydrogen-bond acceptors (Lipinski definition) is 7. The van der Waals surface area contributed by atoms with E-state index in [-0.39, 0.29) is 25.7 Å². The normalized spacial score (nSPS) is 12.3. The molecule has 1 aromatic carbocycles. The summed E-state index contributed by atoms with van der Waals surface area (Å²) in [7, 11) is -5.06. The minimum Gasteiger partial charge on any atom is -0.496 e. The van der Waals surface area contributed by atoms with Gasteiger partial charge in [0, 0.05) is 33.3 Å². The Morgan fingerprint density at radius 3 is 2.13 bits per heavy atom. The quantitative estimate of drug-likeness (QED) is 0.497. The molecule has 1 rings (SSSR count). The van der Waals surface area contributed by atoms with Crippen LogP contribution in [0.25, 0.3) is 0 Å². The summed E-state index contributed by atoms with van der Waals surface area (Å²) in [5.41, 5.74) is -0.415. The lowest BCUT2D eigenvalue weighted by Gasteiger charge is -2.26. The largest absolute Gasteiger partial charge is 0.496 e. The molecule has 0 aliphatic carbocycles. The van der Waals surface area contributed by atoms with Crippen molar-refractivity contribution < 1.29 is 26.4 Å². The molecule has 1 aromatic rings. The van der Waals surface area contributed by atoms with Gasteiger partial charge >= 0.3 is 10.2 Å². The lowest BCUT2D eigenvalue weighted by molar-refractivity contribution is 0.0946. The first-order chi connectivity index (χ1) is 13.8. The number of nitrogens with zero attached hydrogens (tertiary/aromatic N) is 3. The van der Waals surface area contributed by atoms with E-state index in [4.69, 9.17) is 16.3 Å². The van der Waals surface area contributed by atoms with Gasteiger partial charge in [0.1, 0.15) is 5.75 Å². The lowest BCUT2D eigenvalue weighted by atomic mass is 10.1. The summed E-state index contributed by atoms with van der Waals surface area (Å²) in [5.74, 6) is -0.465. The van der Waals surface area contributed by atoms with Crippen LogP contribution in [0.2, 0.25) is 5.02 Å². The Morgan fingerprint density at radius 1 is 1.13 bits per heavy atom. The van der Waals surface area contributed by atoms with Crippen LogP contribution in [-0.2, 0) is 20.2 Å². The number of likely N-dealkylation sites (N-methyl/N-ethyl adjacent to an activating group) is 1. The van der Waals surface area contributed by atoms with E-state index in [9.17, 15) is 21.6 Å². The molecule has 10 nitrogen and oxygen atoms in total. The first kappa shape index (κ1) is 26.4. The van der Waals surface area contributed by atoms with Gasteiger partial charge in [-0.1, -0.05) is 25.4 Å². The van der Waals surface area contributed by atoms with Crippen molar-refractivity contribution in [2.24, 2.45) is 0 Å². The number of benzene rings is 1. The lowest BCUT2D eigenvalue weighted by Crippen LogP contribution is -2.43. The Bertz CT molecular complexity index is 963. The smallest absolute Gasteiger partial charge is 0.316 e. The topological polar surface area (TPSA) is 116 Å². The highest BCUT2D eigenvalue weighted by atomic mass is 35.5. The van der Waals surface area contributed by atoms with Crippen LogP contribution in [-0.4, -0.2) is 85.6 Å². The minimum atomic E-state index is -4.45. The maximum atomic E-state index is 12.7. The van der Waals surface area contributed by atoms with Crippen molar-refractivity contribution in [3.8, 4) is 5.75 Å². The van der Waals surface area contributed by atoms with Gasteiger partial charge in [0.25, 0.3) is 5.91 Å². The average molecular weight is 485 g/mol. The number of carbonyl (C=O) groups is 1. The second-order valence-corrected chi connectivity index (χ2v) is 11.0. The number of hydrogen-bond donors (Lipinski definition) is 1. The summed E-state index contributed by atoms with van der Waals surface area (Å²) in [6.07, 6.45) is 0.735. The molecule has 0 radical (unpaired) electrons. The zero-order valence-electron chi connectivity index (χ0n) is 18.0. The molecular formula is C17H29ClN4O6S2. The Morgan fingerprint density at radius 2 is 1.70 bits per heavy atom. The molecule has 0 unspecified atom stereocenters. The number of nitrogens with one attached hydrogen (secondary N) is 1. The van der Waals surface area contributed by atoms with Gasteiger partial charge in [-0.2, -0.15) is 12.7 Å². The number of methoxy groups -OCH3 is 1. The van der Waals surface area contributed by atoms with Gasteiger partial charge in [0.15, 0.2) is 0 Å². The molecule has 0 aliphatic heterocycles. The van der Waals surface area contributed by atoms with E-state index < -0.39 is 26.1 Å². The molecule has 1 amide bonds. The van der Waals surface area contributed by atoms with Crippen molar-refractivity contribution >= 4 is 43.4 Å². The fourth-order valence-electron chi connectivity index (χ4n) is 2.61. The van der Waals surface area contributed by atoms with Crippen molar-refractivity contribution in [3.63, 3.8) is 0 Å². The number of halogens is 1. The van der Waals surface area contributed by atoms with E-state index in [1.54, 1.807) is 0 Å². The number of sulfonamides is 1. The van der Waals surface area contributed by atoms with Gasteiger partial charge in [-0.05, 0) is 19.2 Å². The Kier molecular flexibility index (Phi) is 9.36. The van der Waals surface area contributed by atoms with E-state index in [1.165, 1.54) is 27.3 Å². The monoisotopic (exact) mass is 484 g/mol. The summed E-state index contributed by atoms with van der Waals surface area (Å²) >= 11 is 6.17. The number of anilines is 1. The second kappa shape index (κ2) is 10.6. The van der Waals surface area contributed by atoms with Crippen molar-refractivity contribution in [1.82, 2.24) is 14.5 Å². The van der Waals surface area contributed by atoms with Crippen LogP contribution in [0, 0.1) is 0 Å². The third-order valence-electron chi connectivity index (χ3n) is 4.29. The third kappa shape index (κ3) is 6.20. The number of rotatable bonds is 11. The van der Waals surface area contributed by atoms with Crippen LogP contribution in [0.5, 0.6) is 5.75 Å². The fourth-order valence-corrected chi connectivity index (χ4v) is 5.93. The summed E-state index contributed by atoms with van der Waals surface area (Å²) < 4.78 is 56.0. The molecule has 0 aromatic heterocycles. The molecule has 30 heavy (non-hydrogen) atoms. The zero-order valence-corrected chi connectivity index (χ0v) is 20.4. The molecule has 0 bridgehead atoms. The van der Waals surface area contributed by atoms with Crippen molar-refractivity contribution in [2.75, 3.05) is 57.4 Å². The van der Waals surface area contributed by atoms with Gasteiger partial charge < -0.3 is 15.0 Å². The molecule has 13 heteroatoms. The molecule has 0 atom stereocenters. The van der Waals surface area contributed by atoms with Crippen LogP contribution in [0.15, 0.2) is 12.1 Å². The van der Waals surface area contributed by atoms with Gasteiger partial charge in [-0.3, -0.25) is 4.79 Å². The predicted octanol–water partition coefficient (Wildman–Crippen LogP) is 0.993. The minimum absolute atomic E-state index is 0.0425. The zero-order chi connectivity index (χ0) is 23.3. The molecule has 172 valence electrons. The van der Waals surface area contributed by atoms with Crippen LogP contribution >= 0.6 is 11.6 Å². The van der Waals surface area contributed by atoms with Crippen LogP contribution in [0.1, 0.15) is 24.2 Å². The van der Waals surface area contributed by atoms with E-state index in [1.807, 2.05) is 13.8 Å². The van der Waals surface area contributed by atoms with E-state index in [0.717, 1.165) is 29.7 Å². The van der Waals surface area contributed by atoms with Crippen molar-refractivity contribution in [3.05, 3.63) is 22.7 Å². The average Bonchev–Trinajstić information content (AvgIpc) is 2.64. The molecular weight excluding hydrogens is 456 g/mol. The Hall–Kier alpha value is -1.60. The number of ether oxygens (including phenoxy) is 1. The van der Waals surface area contributed by atoms with Crippen LogP contribution in [0.4, 0.5) is 5.69 Å². The summed E-state index contributed by atoms with van der Waals surface area (Å²) in [6.45, 7) is 6.62. The number of amides is 1. The van der Waals surface area contributed by atoms with Gasteiger partial charge in [0.05, 0.1) is 29.6 Å². The molecule has 0 saturated carbocycles. The molecule has 0 saturated heterocycles. The highest BCUT2D eigenvalue weighted by molar-refractivity contribution is 8.08. The molecule has 0 aliphatic rings. The predicted molar refractivity (Wildman–Crippen MR) is 118 cm³/mol. The van der Waals surface area contributed by atoms with Gasteiger partial charge in [0.2, 0.25) is 10.0 Å². The standard InChI is InChI=1S/C17H29ClN4O6S2/c1-7-21(8-2)10-9-19-17(23)13-11-15(14(18)12-16(13)28-5)22(29(6,24)25)30(26,27)20(3)4/h11-12H,7-10H2,1-6H3,(H,19,23). The highest BCUT2D eigenvalue weighted by Gasteiger charge is 2.35. The Balaban J connectivity index is 3.45. The fraction of sp³-hybridized carbons (Fsp3) is 0.588. The maximum Gasteiger partial charge on any atom is 0.316 e. The van der Waals surface area contributed by atoms with E-state index in [2.05, 4.69) is 10.2 Å². The van der Waals surface area contributed by atoms with E-state index in [0.29, 0.717) is 13.1 Å². The van der Waals surface area contributed by atoms with Crippen molar-refractivity contribution in [2.45, 2.75) is 13.8 Å². The van der Waals surface area contributed by atoms with Crippen molar-refractivity contribution in [1.29, 1.82) is 0 Å². The SMILES string of the molecule is CCN(CC)CCNC(=O)c1cc(N(S(C)(=O)=O)S(=O)(=O)N(C)C)c(Cl)cc1OC. The third-order valence-corrected chi connectivity index (χ3v) is 8.31. The highest BCUT2D eigenvalue weighted by Crippen LogP contribution is 2.36. The van der Waals surface area contributed by atoms with Crippen LogP contribution in [0.3, 0.4) is 0 Å². The van der Waals surface area contributed by atoms with Crippen LogP contribution < -0.4 is 13.8 Å². The first-order valence-corrected chi connectivity index (χ1v) is 12.7. The van der Waals surface area contributed by atoms with Gasteiger partial charge in [-0.25, -0.2) is 8.42 Å². The summed E-state index contributed by atoms with van der Waals surface area (Å²) in [4.78, 5) is 14.8. The van der Waals surface area contributed by atoms with E-state index >= 15 is 0 Å². The number of carbonyl (C=O) groups excluding carboxylic acids is 1. The summed E-state index contributed by atoms with van der Waals surface area (Å²) in [5, 5.41) is 2.52. The van der Waals surface area contributed by atoms with Gasteiger partial charge in [-0.15, -0.1) is 3.71 Å². The second-order valence-electron chi connectivity index (χ2n) is 6.54. The summed E-state index contributed by atoms with van der Waals surface area (Å²) in [6, 6.07) is 2.30. The first-order valence-electron chi connectivity index (χ1n) is 9.12.